The average Bonchev–Trinajstić information content (AvgIpc) is 2.82. The third-order valence-electron chi connectivity index (χ3n) is 3.67. The van der Waals surface area contributed by atoms with Gasteiger partial charge in [-0.3, -0.25) is 4.79 Å². The van der Waals surface area contributed by atoms with Crippen LogP contribution in [0.25, 0.3) is 0 Å². The number of carbonyl (C=O) groups is 1. The molecule has 1 saturated carbocycles. The molecule has 0 bridgehead atoms. The molecule has 1 aromatic heterocycles. The Morgan fingerprint density at radius 1 is 1.50 bits per heavy atom. The second-order valence-electron chi connectivity index (χ2n) is 5.10. The monoisotopic (exact) mass is 251 g/mol. The molecule has 1 aromatic rings. The third kappa shape index (κ3) is 3.32. The number of nitrogens with two attached hydrogens (primary N) is 1. The lowest BCUT2D eigenvalue weighted by atomic mass is 9.81. The first-order chi connectivity index (χ1) is 8.69. The van der Waals surface area contributed by atoms with Crippen molar-refractivity contribution in [2.24, 2.45) is 17.6 Å². The number of carbonyl (C=O) groups excluding carboxylic acids is 1. The maximum absolute atomic E-state index is 12.0. The molecule has 1 aliphatic rings. The van der Waals surface area contributed by atoms with Gasteiger partial charge in [0.25, 0.3) is 0 Å². The first kappa shape index (κ1) is 13.1. The van der Waals surface area contributed by atoms with E-state index < -0.39 is 0 Å². The molecule has 1 amide bonds. The molecule has 0 aliphatic heterocycles. The van der Waals surface area contributed by atoms with Crippen molar-refractivity contribution >= 4 is 5.91 Å². The minimum Gasteiger partial charge on any atom is -0.361 e. The summed E-state index contributed by atoms with van der Waals surface area (Å²) in [7, 11) is 0. The fraction of sp³-hybridized carbons (Fsp3) is 0.692. The van der Waals surface area contributed by atoms with Gasteiger partial charge in [0.15, 0.2) is 0 Å². The van der Waals surface area contributed by atoms with E-state index in [9.17, 15) is 4.79 Å². The van der Waals surface area contributed by atoms with Crippen molar-refractivity contribution in [1.29, 1.82) is 0 Å². The zero-order valence-corrected chi connectivity index (χ0v) is 10.8. The second-order valence-corrected chi connectivity index (χ2v) is 5.10. The SMILES string of the molecule is Cc1cc(CNC(=O)C2CCC(CN)CC2)no1. The highest BCUT2D eigenvalue weighted by molar-refractivity contribution is 5.78. The number of nitrogens with zero attached hydrogens (tertiary/aromatic N) is 1. The van der Waals surface area contributed by atoms with Crippen LogP contribution in [0, 0.1) is 18.8 Å². The van der Waals surface area contributed by atoms with Crippen LogP contribution in [0.3, 0.4) is 0 Å². The minimum absolute atomic E-state index is 0.131. The number of aryl methyl sites for hydroxylation is 1. The van der Waals surface area contributed by atoms with Crippen LogP contribution in [0.15, 0.2) is 10.6 Å². The lowest BCUT2D eigenvalue weighted by Gasteiger charge is -2.26. The molecule has 3 N–H and O–H groups in total. The third-order valence-corrected chi connectivity index (χ3v) is 3.67. The normalized spacial score (nSPS) is 23.9. The molecule has 1 aliphatic carbocycles. The molecular weight excluding hydrogens is 230 g/mol. The molecule has 0 radical (unpaired) electrons. The van der Waals surface area contributed by atoms with Crippen LogP contribution < -0.4 is 11.1 Å². The summed E-state index contributed by atoms with van der Waals surface area (Å²) in [6.45, 7) is 3.03. The number of hydrogen-bond acceptors (Lipinski definition) is 4. The van der Waals surface area contributed by atoms with Crippen molar-refractivity contribution in [3.8, 4) is 0 Å². The van der Waals surface area contributed by atoms with Crippen molar-refractivity contribution in [2.45, 2.75) is 39.2 Å². The summed E-state index contributed by atoms with van der Waals surface area (Å²) in [6, 6.07) is 1.84. The van der Waals surface area contributed by atoms with E-state index in [1.807, 2.05) is 13.0 Å². The van der Waals surface area contributed by atoms with Crippen molar-refractivity contribution in [3.05, 3.63) is 17.5 Å². The molecule has 5 heteroatoms. The number of aromatic nitrogens is 1. The van der Waals surface area contributed by atoms with Crippen LogP contribution in [0.4, 0.5) is 0 Å². The molecule has 18 heavy (non-hydrogen) atoms. The molecule has 0 unspecified atom stereocenters. The van der Waals surface area contributed by atoms with Gasteiger partial charge in [-0.15, -0.1) is 0 Å². The summed E-state index contributed by atoms with van der Waals surface area (Å²) in [5.74, 6) is 1.64. The topological polar surface area (TPSA) is 81.2 Å². The van der Waals surface area contributed by atoms with Crippen LogP contribution in [0.2, 0.25) is 0 Å². The number of rotatable bonds is 4. The number of hydrogen-bond donors (Lipinski definition) is 2. The van der Waals surface area contributed by atoms with Crippen molar-refractivity contribution in [1.82, 2.24) is 10.5 Å². The summed E-state index contributed by atoms with van der Waals surface area (Å²) >= 11 is 0. The van der Waals surface area contributed by atoms with E-state index in [0.717, 1.165) is 43.7 Å². The molecule has 0 atom stereocenters. The van der Waals surface area contributed by atoms with E-state index in [4.69, 9.17) is 10.3 Å². The second kappa shape index (κ2) is 6.00. The van der Waals surface area contributed by atoms with E-state index in [1.165, 1.54) is 0 Å². The zero-order chi connectivity index (χ0) is 13.0. The van der Waals surface area contributed by atoms with Gasteiger partial charge >= 0.3 is 0 Å². The minimum atomic E-state index is 0.131. The summed E-state index contributed by atoms with van der Waals surface area (Å²) in [6.07, 6.45) is 4.03. The molecule has 0 spiro atoms. The van der Waals surface area contributed by atoms with Crippen LogP contribution in [0.5, 0.6) is 0 Å². The van der Waals surface area contributed by atoms with Gasteiger partial charge < -0.3 is 15.6 Å². The largest absolute Gasteiger partial charge is 0.361 e. The quantitative estimate of drug-likeness (QED) is 0.846. The Kier molecular flexibility index (Phi) is 4.36. The summed E-state index contributed by atoms with van der Waals surface area (Å²) in [5.41, 5.74) is 6.42. The highest BCUT2D eigenvalue weighted by atomic mass is 16.5. The van der Waals surface area contributed by atoms with Gasteiger partial charge in [0.1, 0.15) is 11.5 Å². The van der Waals surface area contributed by atoms with Crippen LogP contribution in [-0.4, -0.2) is 17.6 Å². The van der Waals surface area contributed by atoms with Crippen LogP contribution in [0.1, 0.15) is 37.1 Å². The maximum Gasteiger partial charge on any atom is 0.223 e. The van der Waals surface area contributed by atoms with Gasteiger partial charge in [-0.1, -0.05) is 5.16 Å². The Hall–Kier alpha value is -1.36. The highest BCUT2D eigenvalue weighted by Gasteiger charge is 2.25. The lowest BCUT2D eigenvalue weighted by molar-refractivity contribution is -0.126. The smallest absolute Gasteiger partial charge is 0.223 e. The first-order valence-electron chi connectivity index (χ1n) is 6.59. The van der Waals surface area contributed by atoms with E-state index in [2.05, 4.69) is 10.5 Å². The van der Waals surface area contributed by atoms with E-state index in [-0.39, 0.29) is 11.8 Å². The van der Waals surface area contributed by atoms with Crippen molar-refractivity contribution < 1.29 is 9.32 Å². The first-order valence-corrected chi connectivity index (χ1v) is 6.59. The Bertz CT molecular complexity index is 395. The number of nitrogens with one attached hydrogen (secondary N) is 1. The Morgan fingerprint density at radius 3 is 2.78 bits per heavy atom. The fourth-order valence-corrected chi connectivity index (χ4v) is 2.48. The van der Waals surface area contributed by atoms with Gasteiger partial charge in [-0.2, -0.15) is 0 Å². The fourth-order valence-electron chi connectivity index (χ4n) is 2.48. The molecule has 2 rings (SSSR count). The standard InChI is InChI=1S/C13H21N3O2/c1-9-6-12(16-18-9)8-15-13(17)11-4-2-10(7-14)3-5-11/h6,10-11H,2-5,7-8,14H2,1H3,(H,15,17). The summed E-state index contributed by atoms with van der Waals surface area (Å²) < 4.78 is 4.96. The van der Waals surface area contributed by atoms with Gasteiger partial charge in [0.2, 0.25) is 5.91 Å². The molecule has 1 heterocycles. The number of amides is 1. The Balaban J connectivity index is 1.75. The van der Waals surface area contributed by atoms with Crippen LogP contribution in [-0.2, 0) is 11.3 Å². The van der Waals surface area contributed by atoms with Crippen LogP contribution >= 0.6 is 0 Å². The Morgan fingerprint density at radius 2 is 2.22 bits per heavy atom. The molecule has 100 valence electrons. The molecular formula is C13H21N3O2. The molecule has 5 nitrogen and oxygen atoms in total. The summed E-state index contributed by atoms with van der Waals surface area (Å²) in [4.78, 5) is 12.0. The van der Waals surface area contributed by atoms with Gasteiger partial charge in [0, 0.05) is 12.0 Å². The molecule has 0 saturated heterocycles. The van der Waals surface area contributed by atoms with Gasteiger partial charge in [-0.05, 0) is 45.1 Å². The van der Waals surface area contributed by atoms with E-state index >= 15 is 0 Å². The van der Waals surface area contributed by atoms with Gasteiger partial charge in [0.05, 0.1) is 6.54 Å². The lowest BCUT2D eigenvalue weighted by Crippen LogP contribution is -2.34. The zero-order valence-electron chi connectivity index (χ0n) is 10.8. The Labute approximate surface area is 107 Å². The highest BCUT2D eigenvalue weighted by Crippen LogP contribution is 2.28. The molecule has 0 aromatic carbocycles. The van der Waals surface area contributed by atoms with E-state index in [0.29, 0.717) is 12.5 Å². The van der Waals surface area contributed by atoms with Crippen molar-refractivity contribution in [3.63, 3.8) is 0 Å². The maximum atomic E-state index is 12.0. The van der Waals surface area contributed by atoms with Crippen molar-refractivity contribution in [2.75, 3.05) is 6.54 Å². The predicted molar refractivity (Wildman–Crippen MR) is 67.6 cm³/mol. The predicted octanol–water partition coefficient (Wildman–Crippen LogP) is 1.36. The summed E-state index contributed by atoms with van der Waals surface area (Å²) in [5, 5.41) is 6.77. The van der Waals surface area contributed by atoms with Gasteiger partial charge in [-0.25, -0.2) is 0 Å². The van der Waals surface area contributed by atoms with E-state index in [1.54, 1.807) is 0 Å². The molecule has 1 fully saturated rings. The average molecular weight is 251 g/mol.